The van der Waals surface area contributed by atoms with Gasteiger partial charge in [0.1, 0.15) is 0 Å². The number of nitrogens with one attached hydrogen (secondary N) is 1. The highest BCUT2D eigenvalue weighted by Gasteiger charge is 2.18. The van der Waals surface area contributed by atoms with Crippen molar-refractivity contribution < 1.29 is 8.78 Å². The fraction of sp³-hybridized carbons (Fsp3) is 0.400. The van der Waals surface area contributed by atoms with Gasteiger partial charge in [-0.15, -0.1) is 0 Å². The first kappa shape index (κ1) is 15.6. The molecule has 2 rings (SSSR count). The van der Waals surface area contributed by atoms with Crippen molar-refractivity contribution in [3.63, 3.8) is 0 Å². The second kappa shape index (κ2) is 6.78. The van der Waals surface area contributed by atoms with Crippen molar-refractivity contribution in [1.29, 1.82) is 0 Å². The van der Waals surface area contributed by atoms with Gasteiger partial charge < -0.3 is 10.2 Å². The molecule has 0 fully saturated rings. The molecule has 4 nitrogen and oxygen atoms in total. The lowest BCUT2D eigenvalue weighted by Crippen LogP contribution is -2.31. The second-order valence-corrected chi connectivity index (χ2v) is 5.20. The zero-order chi connectivity index (χ0) is 15.4. The highest BCUT2D eigenvalue weighted by atomic mass is 19.2. The Morgan fingerprint density at radius 1 is 1.38 bits per heavy atom. The van der Waals surface area contributed by atoms with E-state index in [1.807, 2.05) is 25.2 Å². The van der Waals surface area contributed by atoms with Gasteiger partial charge in [0.15, 0.2) is 11.6 Å². The maximum Gasteiger partial charge on any atom is 0.163 e. The van der Waals surface area contributed by atoms with Crippen LogP contribution in [-0.2, 0) is 13.6 Å². The van der Waals surface area contributed by atoms with Gasteiger partial charge in [0.2, 0.25) is 0 Å². The molecule has 0 aliphatic carbocycles. The first-order valence-corrected chi connectivity index (χ1v) is 6.78. The number of hydrogen-bond acceptors (Lipinski definition) is 3. The molecule has 1 unspecified atom stereocenters. The van der Waals surface area contributed by atoms with Gasteiger partial charge in [-0.25, -0.2) is 8.78 Å². The number of likely N-dealkylation sites (N-methyl/N-ethyl adjacent to an activating group) is 2. The Morgan fingerprint density at radius 2 is 2.14 bits per heavy atom. The van der Waals surface area contributed by atoms with Crippen molar-refractivity contribution in [2.24, 2.45) is 7.05 Å². The Labute approximate surface area is 123 Å². The maximum atomic E-state index is 13.9. The van der Waals surface area contributed by atoms with Crippen LogP contribution in [0.3, 0.4) is 0 Å². The summed E-state index contributed by atoms with van der Waals surface area (Å²) < 4.78 is 28.9. The minimum absolute atomic E-state index is 0.276. The summed E-state index contributed by atoms with van der Waals surface area (Å²) >= 11 is 0. The maximum absolute atomic E-state index is 13.9. The molecule has 1 aromatic carbocycles. The van der Waals surface area contributed by atoms with Gasteiger partial charge in [0.25, 0.3) is 0 Å². The third kappa shape index (κ3) is 3.86. The molecular formula is C15H20F2N4. The van der Waals surface area contributed by atoms with Gasteiger partial charge in [-0.2, -0.15) is 5.10 Å². The summed E-state index contributed by atoms with van der Waals surface area (Å²) in [4.78, 5) is 2.04. The molecule has 1 N–H and O–H groups in total. The van der Waals surface area contributed by atoms with Crippen LogP contribution in [0.2, 0.25) is 0 Å². The Bertz CT molecular complexity index is 597. The summed E-state index contributed by atoms with van der Waals surface area (Å²) in [6, 6.07) is 3.99. The summed E-state index contributed by atoms with van der Waals surface area (Å²) in [5.41, 5.74) is 1.42. The Morgan fingerprint density at radius 3 is 2.76 bits per heavy atom. The predicted octanol–water partition coefficient (Wildman–Crippen LogP) is 2.09. The SMILES string of the molecule is CNC(CN(C)Cc1cnn(C)c1)c1cccc(F)c1F. The predicted molar refractivity (Wildman–Crippen MR) is 77.7 cm³/mol. The number of rotatable bonds is 6. The fourth-order valence-electron chi connectivity index (χ4n) is 2.38. The van der Waals surface area contributed by atoms with Gasteiger partial charge in [0.05, 0.1) is 6.20 Å². The van der Waals surface area contributed by atoms with Crippen LogP contribution in [-0.4, -0.2) is 35.3 Å². The molecule has 21 heavy (non-hydrogen) atoms. The Balaban J connectivity index is 2.06. The van der Waals surface area contributed by atoms with Gasteiger partial charge in [-0.1, -0.05) is 12.1 Å². The smallest absolute Gasteiger partial charge is 0.163 e. The fourth-order valence-corrected chi connectivity index (χ4v) is 2.38. The van der Waals surface area contributed by atoms with Gasteiger partial charge >= 0.3 is 0 Å². The average Bonchev–Trinajstić information content (AvgIpc) is 2.85. The van der Waals surface area contributed by atoms with Gasteiger partial charge in [-0.3, -0.25) is 4.68 Å². The van der Waals surface area contributed by atoms with Crippen LogP contribution >= 0.6 is 0 Å². The van der Waals surface area contributed by atoms with Crippen molar-refractivity contribution >= 4 is 0 Å². The molecular weight excluding hydrogens is 274 g/mol. The molecule has 1 heterocycles. The molecule has 2 aromatic rings. The van der Waals surface area contributed by atoms with E-state index < -0.39 is 11.6 Å². The number of aromatic nitrogens is 2. The van der Waals surface area contributed by atoms with Crippen LogP contribution in [0.1, 0.15) is 17.2 Å². The monoisotopic (exact) mass is 294 g/mol. The van der Waals surface area contributed by atoms with Crippen molar-refractivity contribution in [2.45, 2.75) is 12.6 Å². The third-order valence-corrected chi connectivity index (χ3v) is 3.41. The summed E-state index contributed by atoms with van der Waals surface area (Å²) in [6.45, 7) is 1.26. The van der Waals surface area contributed by atoms with Crippen molar-refractivity contribution in [3.05, 3.63) is 53.4 Å². The molecule has 0 saturated heterocycles. The minimum Gasteiger partial charge on any atom is -0.312 e. The van der Waals surface area contributed by atoms with Crippen LogP contribution in [0.25, 0.3) is 0 Å². The number of hydrogen-bond donors (Lipinski definition) is 1. The van der Waals surface area contributed by atoms with E-state index in [9.17, 15) is 8.78 Å². The Kier molecular flexibility index (Phi) is 5.03. The summed E-state index contributed by atoms with van der Waals surface area (Å²) in [7, 11) is 5.55. The molecule has 114 valence electrons. The first-order chi connectivity index (χ1) is 10.0. The van der Waals surface area contributed by atoms with E-state index in [1.54, 1.807) is 24.0 Å². The quantitative estimate of drug-likeness (QED) is 0.885. The largest absolute Gasteiger partial charge is 0.312 e. The van der Waals surface area contributed by atoms with E-state index in [4.69, 9.17) is 0 Å². The lowest BCUT2D eigenvalue weighted by molar-refractivity contribution is 0.285. The summed E-state index contributed by atoms with van der Waals surface area (Å²) in [6.07, 6.45) is 3.74. The molecule has 0 amide bonds. The molecule has 0 spiro atoms. The lowest BCUT2D eigenvalue weighted by Gasteiger charge is -2.24. The van der Waals surface area contributed by atoms with Crippen molar-refractivity contribution in [2.75, 3.05) is 20.6 Å². The first-order valence-electron chi connectivity index (χ1n) is 6.78. The standard InChI is InChI=1S/C15H20F2N4/c1-18-14(12-5-4-6-13(16)15(12)17)10-20(2)8-11-7-19-21(3)9-11/h4-7,9,14,18H,8,10H2,1-3H3. The molecule has 1 aromatic heterocycles. The molecule has 0 aliphatic rings. The highest BCUT2D eigenvalue weighted by Crippen LogP contribution is 2.20. The molecule has 6 heteroatoms. The lowest BCUT2D eigenvalue weighted by atomic mass is 10.1. The topological polar surface area (TPSA) is 33.1 Å². The van der Waals surface area contributed by atoms with Crippen molar-refractivity contribution in [1.82, 2.24) is 20.0 Å². The van der Waals surface area contributed by atoms with E-state index in [0.29, 0.717) is 18.7 Å². The van der Waals surface area contributed by atoms with Gasteiger partial charge in [0, 0.05) is 43.5 Å². The third-order valence-electron chi connectivity index (χ3n) is 3.41. The number of halogens is 2. The van der Waals surface area contributed by atoms with Crippen LogP contribution < -0.4 is 5.32 Å². The highest BCUT2D eigenvalue weighted by molar-refractivity contribution is 5.23. The van der Waals surface area contributed by atoms with Crippen LogP contribution in [0, 0.1) is 11.6 Å². The van der Waals surface area contributed by atoms with Crippen LogP contribution in [0.15, 0.2) is 30.6 Å². The van der Waals surface area contributed by atoms with E-state index in [0.717, 1.165) is 11.6 Å². The second-order valence-electron chi connectivity index (χ2n) is 5.20. The van der Waals surface area contributed by atoms with E-state index in [-0.39, 0.29) is 6.04 Å². The normalized spacial score (nSPS) is 12.9. The van der Waals surface area contributed by atoms with Crippen molar-refractivity contribution in [3.8, 4) is 0 Å². The number of nitrogens with zero attached hydrogens (tertiary/aromatic N) is 3. The number of benzene rings is 1. The Hall–Kier alpha value is -1.79. The molecule has 0 aliphatic heterocycles. The zero-order valence-corrected chi connectivity index (χ0v) is 12.5. The zero-order valence-electron chi connectivity index (χ0n) is 12.5. The average molecular weight is 294 g/mol. The molecule has 0 bridgehead atoms. The van der Waals surface area contributed by atoms with Crippen LogP contribution in [0.4, 0.5) is 8.78 Å². The van der Waals surface area contributed by atoms with E-state index in [2.05, 4.69) is 10.4 Å². The van der Waals surface area contributed by atoms with E-state index >= 15 is 0 Å². The molecule has 1 atom stereocenters. The van der Waals surface area contributed by atoms with Crippen LogP contribution in [0.5, 0.6) is 0 Å². The van der Waals surface area contributed by atoms with Gasteiger partial charge in [-0.05, 0) is 20.2 Å². The molecule has 0 saturated carbocycles. The number of aryl methyl sites for hydroxylation is 1. The summed E-state index contributed by atoms with van der Waals surface area (Å²) in [5, 5.41) is 7.16. The minimum atomic E-state index is -0.817. The molecule has 0 radical (unpaired) electrons. The summed E-state index contributed by atoms with van der Waals surface area (Å²) in [5.74, 6) is -1.60. The van der Waals surface area contributed by atoms with E-state index in [1.165, 1.54) is 6.07 Å².